The van der Waals surface area contributed by atoms with Crippen LogP contribution in [-0.2, 0) is 17.9 Å². The van der Waals surface area contributed by atoms with Gasteiger partial charge >= 0.3 is 0 Å². The van der Waals surface area contributed by atoms with Crippen LogP contribution in [0.25, 0.3) is 11.3 Å². The van der Waals surface area contributed by atoms with Crippen LogP contribution in [0.3, 0.4) is 0 Å². The first-order valence-electron chi connectivity index (χ1n) is 8.86. The van der Waals surface area contributed by atoms with E-state index in [4.69, 9.17) is 11.6 Å². The molecule has 0 fully saturated rings. The highest BCUT2D eigenvalue weighted by atomic mass is 79.9. The summed E-state index contributed by atoms with van der Waals surface area (Å²) in [6.07, 6.45) is 0.855. The third-order valence-corrected chi connectivity index (χ3v) is 4.96. The topological polar surface area (TPSA) is 64.0 Å². The molecule has 0 bridgehead atoms. The molecule has 0 saturated heterocycles. The SMILES string of the molecule is O=C(CCCn1nc(-c2ccc(Br)cc2)ccc1=O)NCc1ccc(Cl)cc1. The molecule has 2 aromatic carbocycles. The standard InChI is InChI=1S/C21H19BrClN3O2/c22-17-7-5-16(6-8-17)19-11-12-21(28)26(25-19)13-1-2-20(27)24-14-15-3-9-18(23)10-4-15/h3-12H,1-2,13-14H2,(H,24,27). The summed E-state index contributed by atoms with van der Waals surface area (Å²) in [5, 5.41) is 7.95. The van der Waals surface area contributed by atoms with Gasteiger partial charge in [0.2, 0.25) is 5.91 Å². The number of benzene rings is 2. The molecule has 3 rings (SSSR count). The molecule has 0 radical (unpaired) electrons. The van der Waals surface area contributed by atoms with E-state index >= 15 is 0 Å². The van der Waals surface area contributed by atoms with Crippen molar-refractivity contribution >= 4 is 33.4 Å². The number of nitrogens with one attached hydrogen (secondary N) is 1. The van der Waals surface area contributed by atoms with E-state index in [-0.39, 0.29) is 11.5 Å². The van der Waals surface area contributed by atoms with E-state index < -0.39 is 0 Å². The summed E-state index contributed by atoms with van der Waals surface area (Å²) in [4.78, 5) is 24.1. The number of carbonyl (C=O) groups is 1. The van der Waals surface area contributed by atoms with Crippen LogP contribution >= 0.6 is 27.5 Å². The van der Waals surface area contributed by atoms with E-state index in [0.717, 1.165) is 21.3 Å². The van der Waals surface area contributed by atoms with Gasteiger partial charge in [-0.05, 0) is 42.3 Å². The Balaban J connectivity index is 1.53. The smallest absolute Gasteiger partial charge is 0.266 e. The zero-order valence-electron chi connectivity index (χ0n) is 15.1. The quantitative estimate of drug-likeness (QED) is 0.567. The summed E-state index contributed by atoms with van der Waals surface area (Å²) >= 11 is 9.25. The second kappa shape index (κ2) is 9.66. The van der Waals surface area contributed by atoms with E-state index in [1.807, 2.05) is 36.4 Å². The Bertz CT molecular complexity index is 1000. The van der Waals surface area contributed by atoms with Crippen LogP contribution in [0.1, 0.15) is 18.4 Å². The van der Waals surface area contributed by atoms with E-state index in [0.29, 0.717) is 31.0 Å². The lowest BCUT2D eigenvalue weighted by molar-refractivity contribution is -0.121. The monoisotopic (exact) mass is 459 g/mol. The fraction of sp³-hybridized carbons (Fsp3) is 0.190. The van der Waals surface area contributed by atoms with Gasteiger partial charge in [-0.15, -0.1) is 0 Å². The number of rotatable bonds is 7. The number of aromatic nitrogens is 2. The number of aryl methyl sites for hydroxylation is 1. The van der Waals surface area contributed by atoms with Crippen molar-refractivity contribution in [3.05, 3.63) is 86.1 Å². The van der Waals surface area contributed by atoms with Crippen molar-refractivity contribution in [2.24, 2.45) is 0 Å². The molecule has 1 N–H and O–H groups in total. The molecule has 3 aromatic rings. The Morgan fingerprint density at radius 1 is 1.04 bits per heavy atom. The number of hydrogen-bond acceptors (Lipinski definition) is 3. The predicted octanol–water partition coefficient (Wildman–Crippen LogP) is 4.42. The van der Waals surface area contributed by atoms with Crippen LogP contribution in [0.15, 0.2) is 69.9 Å². The molecule has 1 heterocycles. The van der Waals surface area contributed by atoms with E-state index in [1.54, 1.807) is 18.2 Å². The number of amides is 1. The van der Waals surface area contributed by atoms with Crippen molar-refractivity contribution in [3.8, 4) is 11.3 Å². The van der Waals surface area contributed by atoms with Crippen molar-refractivity contribution in [1.29, 1.82) is 0 Å². The lowest BCUT2D eigenvalue weighted by Crippen LogP contribution is -2.25. The maximum atomic E-state index is 12.1. The Hall–Kier alpha value is -2.44. The van der Waals surface area contributed by atoms with E-state index in [2.05, 4.69) is 26.3 Å². The first kappa shape index (κ1) is 20.3. The molecule has 1 amide bonds. The van der Waals surface area contributed by atoms with Crippen LogP contribution in [0.5, 0.6) is 0 Å². The van der Waals surface area contributed by atoms with Crippen molar-refractivity contribution in [2.75, 3.05) is 0 Å². The lowest BCUT2D eigenvalue weighted by Gasteiger charge is -2.08. The Morgan fingerprint density at radius 3 is 2.46 bits per heavy atom. The minimum atomic E-state index is -0.178. The first-order chi connectivity index (χ1) is 13.5. The molecule has 0 unspecified atom stereocenters. The fourth-order valence-electron chi connectivity index (χ4n) is 2.66. The fourth-order valence-corrected chi connectivity index (χ4v) is 3.05. The molecule has 144 valence electrons. The third kappa shape index (κ3) is 5.78. The summed E-state index contributed by atoms with van der Waals surface area (Å²) < 4.78 is 2.39. The molecule has 0 aliphatic rings. The van der Waals surface area contributed by atoms with Crippen LogP contribution in [-0.4, -0.2) is 15.7 Å². The van der Waals surface area contributed by atoms with Gasteiger partial charge in [0.05, 0.1) is 5.69 Å². The Morgan fingerprint density at radius 2 is 1.75 bits per heavy atom. The zero-order valence-corrected chi connectivity index (χ0v) is 17.4. The molecular formula is C21H19BrClN3O2. The van der Waals surface area contributed by atoms with Gasteiger partial charge in [0.15, 0.2) is 0 Å². The predicted molar refractivity (Wildman–Crippen MR) is 114 cm³/mol. The first-order valence-corrected chi connectivity index (χ1v) is 10.0. The Kier molecular flexibility index (Phi) is 7.01. The molecule has 0 spiro atoms. The van der Waals surface area contributed by atoms with Crippen molar-refractivity contribution in [3.63, 3.8) is 0 Å². The summed E-state index contributed by atoms with van der Waals surface area (Å²) in [5.41, 5.74) is 2.46. The number of nitrogens with zero attached hydrogens (tertiary/aromatic N) is 2. The van der Waals surface area contributed by atoms with Crippen molar-refractivity contribution in [2.45, 2.75) is 25.9 Å². The highest BCUT2D eigenvalue weighted by molar-refractivity contribution is 9.10. The molecule has 1 aromatic heterocycles. The van der Waals surface area contributed by atoms with Crippen LogP contribution < -0.4 is 10.9 Å². The second-order valence-corrected chi connectivity index (χ2v) is 7.65. The van der Waals surface area contributed by atoms with Crippen LogP contribution in [0, 0.1) is 0 Å². The van der Waals surface area contributed by atoms with Crippen molar-refractivity contribution < 1.29 is 4.79 Å². The summed E-state index contributed by atoms with van der Waals surface area (Å²) in [6, 6.07) is 18.3. The van der Waals surface area contributed by atoms with Gasteiger partial charge in [0, 0.05) is 40.6 Å². The zero-order chi connectivity index (χ0) is 19.9. The molecular weight excluding hydrogens is 442 g/mol. The Labute approximate surface area is 176 Å². The molecule has 0 aliphatic carbocycles. The minimum Gasteiger partial charge on any atom is -0.352 e. The van der Waals surface area contributed by atoms with Gasteiger partial charge < -0.3 is 5.32 Å². The molecule has 28 heavy (non-hydrogen) atoms. The van der Waals surface area contributed by atoms with Gasteiger partial charge in [-0.1, -0.05) is 51.8 Å². The molecule has 0 atom stereocenters. The van der Waals surface area contributed by atoms with Gasteiger partial charge in [-0.25, -0.2) is 4.68 Å². The lowest BCUT2D eigenvalue weighted by atomic mass is 10.1. The van der Waals surface area contributed by atoms with Gasteiger partial charge in [0.1, 0.15) is 0 Å². The number of carbonyl (C=O) groups excluding carboxylic acids is 1. The summed E-state index contributed by atoms with van der Waals surface area (Å²) in [7, 11) is 0. The maximum absolute atomic E-state index is 12.1. The maximum Gasteiger partial charge on any atom is 0.266 e. The average molecular weight is 461 g/mol. The van der Waals surface area contributed by atoms with E-state index in [9.17, 15) is 9.59 Å². The minimum absolute atomic E-state index is 0.0629. The number of hydrogen-bond donors (Lipinski definition) is 1. The molecule has 0 aliphatic heterocycles. The van der Waals surface area contributed by atoms with Crippen LogP contribution in [0.2, 0.25) is 5.02 Å². The summed E-state index contributed by atoms with van der Waals surface area (Å²) in [5.74, 6) is -0.0629. The van der Waals surface area contributed by atoms with Crippen molar-refractivity contribution in [1.82, 2.24) is 15.1 Å². The average Bonchev–Trinajstić information content (AvgIpc) is 2.70. The third-order valence-electron chi connectivity index (χ3n) is 4.18. The van der Waals surface area contributed by atoms with Gasteiger partial charge in [0.25, 0.3) is 5.56 Å². The highest BCUT2D eigenvalue weighted by Gasteiger charge is 2.06. The van der Waals surface area contributed by atoms with Gasteiger partial charge in [-0.2, -0.15) is 5.10 Å². The normalized spacial score (nSPS) is 10.6. The van der Waals surface area contributed by atoms with Gasteiger partial charge in [-0.3, -0.25) is 9.59 Å². The van der Waals surface area contributed by atoms with E-state index in [1.165, 1.54) is 10.7 Å². The van der Waals surface area contributed by atoms with Crippen LogP contribution in [0.4, 0.5) is 0 Å². The molecule has 5 nitrogen and oxygen atoms in total. The largest absolute Gasteiger partial charge is 0.352 e. The highest BCUT2D eigenvalue weighted by Crippen LogP contribution is 2.18. The number of halogens is 2. The second-order valence-electron chi connectivity index (χ2n) is 6.29. The molecule has 0 saturated carbocycles. The summed E-state index contributed by atoms with van der Waals surface area (Å²) in [6.45, 7) is 0.838. The molecule has 7 heteroatoms.